The van der Waals surface area contributed by atoms with Crippen molar-refractivity contribution in [3.63, 3.8) is 0 Å². The third kappa shape index (κ3) is 3.64. The van der Waals surface area contributed by atoms with Gasteiger partial charge in [-0.2, -0.15) is 0 Å². The summed E-state index contributed by atoms with van der Waals surface area (Å²) in [6.07, 6.45) is 10.1. The van der Waals surface area contributed by atoms with Crippen LogP contribution >= 0.6 is 0 Å². The third-order valence-electron chi connectivity index (χ3n) is 4.54. The summed E-state index contributed by atoms with van der Waals surface area (Å²) >= 11 is 0. The van der Waals surface area contributed by atoms with Crippen LogP contribution in [0.25, 0.3) is 0 Å². The second-order valence-corrected chi connectivity index (χ2v) is 8.13. The highest BCUT2D eigenvalue weighted by Gasteiger charge is 2.33. The molecule has 1 aromatic heterocycles. The van der Waals surface area contributed by atoms with Crippen molar-refractivity contribution in [2.24, 2.45) is 7.05 Å². The lowest BCUT2D eigenvalue weighted by atomic mass is 9.91. The fourth-order valence-electron chi connectivity index (χ4n) is 3.26. The standard InChI is InChI=1S/C17H24N3O2S/c1-14-7-9-15(10-8-14)23(21,22)18-16-5-3-4-6-17(16)20-12-11-19(2)13-20/h7-13,16-18H,3-6H2,1-2H3/q+1/t16-,17-/m1/s1. The number of imidazole rings is 1. The molecule has 1 aromatic carbocycles. The molecule has 6 heteroatoms. The zero-order valence-corrected chi connectivity index (χ0v) is 14.5. The first kappa shape index (κ1) is 16.2. The maximum atomic E-state index is 12.7. The van der Waals surface area contributed by atoms with Crippen molar-refractivity contribution in [2.75, 3.05) is 0 Å². The van der Waals surface area contributed by atoms with E-state index in [0.717, 1.165) is 31.2 Å². The van der Waals surface area contributed by atoms with Gasteiger partial charge in [0, 0.05) is 0 Å². The van der Waals surface area contributed by atoms with Gasteiger partial charge in [0.2, 0.25) is 16.4 Å². The quantitative estimate of drug-likeness (QED) is 0.871. The molecule has 3 rings (SSSR count). The second-order valence-electron chi connectivity index (χ2n) is 6.42. The van der Waals surface area contributed by atoms with E-state index in [1.165, 1.54) is 0 Å². The first-order valence-electron chi connectivity index (χ1n) is 8.07. The lowest BCUT2D eigenvalue weighted by molar-refractivity contribution is -0.671. The summed E-state index contributed by atoms with van der Waals surface area (Å²) in [6, 6.07) is 7.11. The van der Waals surface area contributed by atoms with Crippen LogP contribution < -0.4 is 9.29 Å². The SMILES string of the molecule is Cc1ccc(S(=O)(=O)N[C@@H]2CCCC[C@H]2n2cc[n+](C)c2)cc1. The maximum absolute atomic E-state index is 12.7. The Balaban J connectivity index is 1.82. The highest BCUT2D eigenvalue weighted by molar-refractivity contribution is 7.89. The van der Waals surface area contributed by atoms with Gasteiger partial charge < -0.3 is 0 Å². The molecule has 1 aliphatic carbocycles. The monoisotopic (exact) mass is 334 g/mol. The van der Waals surface area contributed by atoms with Crippen LogP contribution in [-0.2, 0) is 17.1 Å². The van der Waals surface area contributed by atoms with Crippen molar-refractivity contribution in [3.05, 3.63) is 48.5 Å². The molecule has 2 atom stereocenters. The van der Waals surface area contributed by atoms with Crippen LogP contribution in [0, 0.1) is 6.92 Å². The molecule has 1 aliphatic rings. The van der Waals surface area contributed by atoms with E-state index in [1.807, 2.05) is 49.4 Å². The molecule has 0 bridgehead atoms. The molecular weight excluding hydrogens is 310 g/mol. The minimum absolute atomic E-state index is 0.0672. The van der Waals surface area contributed by atoms with E-state index in [9.17, 15) is 8.42 Å². The number of hydrogen-bond donors (Lipinski definition) is 1. The molecule has 2 aromatic rings. The highest BCUT2D eigenvalue weighted by Crippen LogP contribution is 2.29. The van der Waals surface area contributed by atoms with Gasteiger partial charge in [-0.25, -0.2) is 22.3 Å². The Bertz CT molecular complexity index is 765. The van der Waals surface area contributed by atoms with Crippen LogP contribution in [0.5, 0.6) is 0 Å². The van der Waals surface area contributed by atoms with Gasteiger partial charge in [-0.05, 0) is 38.3 Å². The molecule has 0 amide bonds. The predicted octanol–water partition coefficient (Wildman–Crippen LogP) is 2.08. The summed E-state index contributed by atoms with van der Waals surface area (Å²) < 4.78 is 32.4. The van der Waals surface area contributed by atoms with Crippen molar-refractivity contribution >= 4 is 10.0 Å². The topological polar surface area (TPSA) is 55.0 Å². The average Bonchev–Trinajstić information content (AvgIpc) is 2.94. The summed E-state index contributed by atoms with van der Waals surface area (Å²) in [5.41, 5.74) is 1.05. The molecule has 0 saturated heterocycles. The predicted molar refractivity (Wildman–Crippen MR) is 88.4 cm³/mol. The first-order chi connectivity index (χ1) is 11.0. The Morgan fingerprint density at radius 3 is 2.52 bits per heavy atom. The molecule has 1 N–H and O–H groups in total. The van der Waals surface area contributed by atoms with Crippen LogP contribution in [0.2, 0.25) is 0 Å². The molecule has 23 heavy (non-hydrogen) atoms. The van der Waals surface area contributed by atoms with E-state index in [0.29, 0.717) is 4.90 Å². The van der Waals surface area contributed by atoms with Crippen molar-refractivity contribution in [1.82, 2.24) is 9.29 Å². The van der Waals surface area contributed by atoms with Gasteiger partial charge in [-0.3, -0.25) is 0 Å². The van der Waals surface area contributed by atoms with Crippen molar-refractivity contribution in [1.29, 1.82) is 0 Å². The van der Waals surface area contributed by atoms with Gasteiger partial charge >= 0.3 is 0 Å². The normalized spacial score (nSPS) is 22.2. The summed E-state index contributed by atoms with van der Waals surface area (Å²) in [7, 11) is -1.50. The van der Waals surface area contributed by atoms with Crippen LogP contribution in [0.3, 0.4) is 0 Å². The molecular formula is C17H24N3O2S+. The van der Waals surface area contributed by atoms with Crippen molar-refractivity contribution in [3.8, 4) is 0 Å². The van der Waals surface area contributed by atoms with E-state index in [2.05, 4.69) is 9.29 Å². The number of nitrogens with one attached hydrogen (secondary N) is 1. The van der Waals surface area contributed by atoms with Crippen LogP contribution in [0.4, 0.5) is 0 Å². The molecule has 0 spiro atoms. The molecule has 0 aliphatic heterocycles. The van der Waals surface area contributed by atoms with Gasteiger partial charge in [-0.1, -0.05) is 24.1 Å². The number of nitrogens with zero attached hydrogens (tertiary/aromatic N) is 2. The molecule has 5 nitrogen and oxygen atoms in total. The molecule has 1 fully saturated rings. The smallest absolute Gasteiger partial charge is 0.240 e. The van der Waals surface area contributed by atoms with E-state index in [4.69, 9.17) is 0 Å². The first-order valence-corrected chi connectivity index (χ1v) is 9.56. The molecule has 124 valence electrons. The summed E-state index contributed by atoms with van der Waals surface area (Å²) in [4.78, 5) is 0.338. The van der Waals surface area contributed by atoms with Gasteiger partial charge in [0.1, 0.15) is 18.4 Å². The van der Waals surface area contributed by atoms with Gasteiger partial charge in [0.05, 0.1) is 18.0 Å². The van der Waals surface area contributed by atoms with E-state index >= 15 is 0 Å². The summed E-state index contributed by atoms with van der Waals surface area (Å²) in [5.74, 6) is 0. The van der Waals surface area contributed by atoms with Gasteiger partial charge in [-0.15, -0.1) is 0 Å². The fourth-order valence-corrected chi connectivity index (χ4v) is 4.56. The number of sulfonamides is 1. The number of rotatable bonds is 4. The second kappa shape index (κ2) is 6.45. The van der Waals surface area contributed by atoms with Crippen molar-refractivity contribution in [2.45, 2.75) is 49.6 Å². The average molecular weight is 334 g/mol. The number of hydrogen-bond acceptors (Lipinski definition) is 2. The fraction of sp³-hybridized carbons (Fsp3) is 0.471. The van der Waals surface area contributed by atoms with Crippen LogP contribution in [0.1, 0.15) is 37.3 Å². The minimum Gasteiger partial charge on any atom is -0.240 e. The van der Waals surface area contributed by atoms with E-state index < -0.39 is 10.0 Å². The number of benzene rings is 1. The van der Waals surface area contributed by atoms with E-state index in [1.54, 1.807) is 12.1 Å². The maximum Gasteiger partial charge on any atom is 0.243 e. The van der Waals surface area contributed by atoms with Gasteiger partial charge in [0.25, 0.3) is 0 Å². The highest BCUT2D eigenvalue weighted by atomic mass is 32.2. The molecule has 1 heterocycles. The Hall–Kier alpha value is -1.66. The van der Waals surface area contributed by atoms with Crippen LogP contribution in [-0.4, -0.2) is 19.0 Å². The lowest BCUT2D eigenvalue weighted by Crippen LogP contribution is -2.43. The van der Waals surface area contributed by atoms with Crippen LogP contribution in [0.15, 0.2) is 47.9 Å². The lowest BCUT2D eigenvalue weighted by Gasteiger charge is -2.29. The summed E-state index contributed by atoms with van der Waals surface area (Å²) in [6.45, 7) is 1.95. The number of aromatic nitrogens is 2. The zero-order chi connectivity index (χ0) is 16.4. The number of aryl methyl sites for hydroxylation is 2. The molecule has 0 unspecified atom stereocenters. The third-order valence-corrected chi connectivity index (χ3v) is 6.05. The van der Waals surface area contributed by atoms with Gasteiger partial charge in [0.15, 0.2) is 0 Å². The zero-order valence-electron chi connectivity index (χ0n) is 13.6. The Morgan fingerprint density at radius 1 is 1.17 bits per heavy atom. The van der Waals surface area contributed by atoms with Crippen molar-refractivity contribution < 1.29 is 13.0 Å². The Kier molecular flexibility index (Phi) is 4.55. The Morgan fingerprint density at radius 2 is 1.87 bits per heavy atom. The van der Waals surface area contributed by atoms with E-state index in [-0.39, 0.29) is 12.1 Å². The molecule has 0 radical (unpaired) electrons. The molecule has 1 saturated carbocycles. The Labute approximate surface area is 138 Å². The minimum atomic E-state index is -3.48. The summed E-state index contributed by atoms with van der Waals surface area (Å²) in [5, 5.41) is 0. The largest absolute Gasteiger partial charge is 0.243 e.